The second-order valence-electron chi connectivity index (χ2n) is 8.54. The molecular formula is C22H28F2N6. The summed E-state index contributed by atoms with van der Waals surface area (Å²) in [6, 6.07) is 2.85. The van der Waals surface area contributed by atoms with Gasteiger partial charge in [0.25, 0.3) is 0 Å². The molecule has 2 atom stereocenters. The van der Waals surface area contributed by atoms with Crippen LogP contribution in [0.15, 0.2) is 31.1 Å². The van der Waals surface area contributed by atoms with Crippen LogP contribution in [0.25, 0.3) is 27.7 Å². The van der Waals surface area contributed by atoms with E-state index < -0.39 is 6.17 Å². The van der Waals surface area contributed by atoms with Gasteiger partial charge >= 0.3 is 0 Å². The Labute approximate surface area is 174 Å². The van der Waals surface area contributed by atoms with E-state index in [0.29, 0.717) is 46.9 Å². The van der Waals surface area contributed by atoms with Gasteiger partial charge in [0.1, 0.15) is 17.7 Å². The van der Waals surface area contributed by atoms with Gasteiger partial charge in [-0.1, -0.05) is 20.4 Å². The first-order valence-corrected chi connectivity index (χ1v) is 10.3. The van der Waals surface area contributed by atoms with E-state index in [-0.39, 0.29) is 11.9 Å². The van der Waals surface area contributed by atoms with E-state index in [4.69, 9.17) is 0 Å². The average Bonchev–Trinajstić information content (AvgIpc) is 3.28. The molecule has 1 saturated heterocycles. The summed E-state index contributed by atoms with van der Waals surface area (Å²) in [6.45, 7) is 10.5. The fourth-order valence-electron chi connectivity index (χ4n) is 4.15. The van der Waals surface area contributed by atoms with E-state index in [2.05, 4.69) is 45.9 Å². The summed E-state index contributed by atoms with van der Waals surface area (Å²) in [5.41, 5.74) is 2.81. The number of H-pyrrole nitrogens is 1. The number of hydrogen-bond donors (Lipinski definition) is 2. The van der Waals surface area contributed by atoms with Gasteiger partial charge in [-0.25, -0.2) is 8.78 Å². The third-order valence-corrected chi connectivity index (χ3v) is 5.56. The zero-order valence-corrected chi connectivity index (χ0v) is 17.6. The van der Waals surface area contributed by atoms with Crippen molar-refractivity contribution in [2.75, 3.05) is 19.6 Å². The second-order valence-corrected chi connectivity index (χ2v) is 8.54. The topological polar surface area (TPSA) is 61.8 Å². The summed E-state index contributed by atoms with van der Waals surface area (Å²) in [5, 5.41) is 15.3. The number of nitrogens with zero attached hydrogens (tertiary/aromatic N) is 4. The van der Waals surface area contributed by atoms with E-state index in [0.717, 1.165) is 18.5 Å². The second kappa shape index (κ2) is 8.18. The quantitative estimate of drug-likeness (QED) is 0.645. The number of hydrogen-bond acceptors (Lipinski definition) is 4. The van der Waals surface area contributed by atoms with Crippen molar-refractivity contribution >= 4 is 16.6 Å². The summed E-state index contributed by atoms with van der Waals surface area (Å²) in [6.07, 6.45) is 3.10. The number of nitrogens with one attached hydrogen (secondary N) is 2. The van der Waals surface area contributed by atoms with E-state index in [1.165, 1.54) is 6.07 Å². The summed E-state index contributed by atoms with van der Waals surface area (Å²) in [4.78, 5) is 2.17. The Balaban J connectivity index is 1.54. The van der Waals surface area contributed by atoms with Crippen molar-refractivity contribution in [1.82, 2.24) is 30.2 Å². The Morgan fingerprint density at radius 1 is 1.40 bits per heavy atom. The molecule has 1 aliphatic heterocycles. The molecule has 0 radical (unpaired) electrons. The molecule has 0 bridgehead atoms. The van der Waals surface area contributed by atoms with E-state index in [9.17, 15) is 8.78 Å². The van der Waals surface area contributed by atoms with Gasteiger partial charge in [0, 0.05) is 55.5 Å². The molecule has 1 unspecified atom stereocenters. The van der Waals surface area contributed by atoms with Crippen LogP contribution in [0.3, 0.4) is 0 Å². The number of fused-ring (bicyclic) bond motifs is 1. The van der Waals surface area contributed by atoms with Crippen molar-refractivity contribution in [3.05, 3.63) is 42.6 Å². The van der Waals surface area contributed by atoms with Gasteiger partial charge in [-0.2, -0.15) is 10.2 Å². The van der Waals surface area contributed by atoms with Crippen LogP contribution in [-0.2, 0) is 7.05 Å². The molecule has 30 heavy (non-hydrogen) atoms. The third-order valence-electron chi connectivity index (χ3n) is 5.56. The number of halogens is 2. The van der Waals surface area contributed by atoms with Gasteiger partial charge in [-0.3, -0.25) is 9.78 Å². The summed E-state index contributed by atoms with van der Waals surface area (Å²) in [7, 11) is 1.79. The highest BCUT2D eigenvalue weighted by atomic mass is 19.1. The van der Waals surface area contributed by atoms with Crippen LogP contribution in [-0.4, -0.2) is 56.7 Å². The molecule has 0 amide bonds. The number of aromatic amines is 1. The normalized spacial score (nSPS) is 20.2. The van der Waals surface area contributed by atoms with Crippen molar-refractivity contribution in [3.8, 4) is 11.1 Å². The third kappa shape index (κ3) is 4.09. The first-order chi connectivity index (χ1) is 14.3. The summed E-state index contributed by atoms with van der Waals surface area (Å²) >= 11 is 0. The summed E-state index contributed by atoms with van der Waals surface area (Å²) < 4.78 is 31.0. The molecule has 3 aromatic rings. The minimum absolute atomic E-state index is 0.314. The molecule has 1 fully saturated rings. The number of rotatable bonds is 6. The zero-order valence-electron chi connectivity index (χ0n) is 17.6. The minimum Gasteiger partial charge on any atom is -0.378 e. The fraction of sp³-hybridized carbons (Fsp3) is 0.455. The molecular weight excluding hydrogens is 386 g/mol. The standard InChI is InChI=1S/C22H28F2N6/c1-13(2)10-30-6-5-20(19(24)12-30)26-14(3)22-17-7-16(15-9-25-29(4)11-15)18(23)8-21(17)27-28-22/h7-9,11,13,19-20,26H,3,5-6,10,12H2,1-2,4H3,(H,27,28)/t19-,20?/m0/s1. The Morgan fingerprint density at radius 3 is 2.87 bits per heavy atom. The lowest BCUT2D eigenvalue weighted by Gasteiger charge is -2.36. The summed E-state index contributed by atoms with van der Waals surface area (Å²) in [5.74, 6) is 0.159. The first-order valence-electron chi connectivity index (χ1n) is 10.3. The van der Waals surface area contributed by atoms with Gasteiger partial charge in [0.2, 0.25) is 0 Å². The molecule has 4 rings (SSSR count). The van der Waals surface area contributed by atoms with Crippen molar-refractivity contribution in [1.29, 1.82) is 0 Å². The van der Waals surface area contributed by atoms with Gasteiger partial charge < -0.3 is 10.2 Å². The highest BCUT2D eigenvalue weighted by Gasteiger charge is 2.30. The molecule has 160 valence electrons. The molecule has 8 heteroatoms. The van der Waals surface area contributed by atoms with Crippen molar-refractivity contribution in [3.63, 3.8) is 0 Å². The van der Waals surface area contributed by atoms with Crippen LogP contribution in [0.5, 0.6) is 0 Å². The van der Waals surface area contributed by atoms with Crippen LogP contribution in [0.2, 0.25) is 0 Å². The Morgan fingerprint density at radius 2 is 2.20 bits per heavy atom. The van der Waals surface area contributed by atoms with Crippen LogP contribution in [0.1, 0.15) is 26.0 Å². The maximum atomic E-state index is 14.8. The SMILES string of the molecule is C=C(NC1CCN(CC(C)C)C[C@@H]1F)c1n[nH]c2cc(F)c(-c3cnn(C)c3)cc12. The average molecular weight is 415 g/mol. The van der Waals surface area contributed by atoms with E-state index in [1.807, 2.05) is 0 Å². The van der Waals surface area contributed by atoms with Gasteiger partial charge in [0.15, 0.2) is 0 Å². The highest BCUT2D eigenvalue weighted by Crippen LogP contribution is 2.30. The zero-order chi connectivity index (χ0) is 21.4. The lowest BCUT2D eigenvalue weighted by Crippen LogP contribution is -2.50. The smallest absolute Gasteiger partial charge is 0.133 e. The molecule has 3 heterocycles. The Kier molecular flexibility index (Phi) is 5.60. The molecule has 2 N–H and O–H groups in total. The van der Waals surface area contributed by atoms with Gasteiger partial charge in [-0.05, 0) is 18.4 Å². The van der Waals surface area contributed by atoms with Crippen molar-refractivity contribution in [2.24, 2.45) is 13.0 Å². The fourth-order valence-corrected chi connectivity index (χ4v) is 4.15. The van der Waals surface area contributed by atoms with Crippen LogP contribution < -0.4 is 5.32 Å². The van der Waals surface area contributed by atoms with Gasteiger partial charge in [0.05, 0.1) is 23.5 Å². The van der Waals surface area contributed by atoms with E-state index in [1.54, 1.807) is 30.2 Å². The monoisotopic (exact) mass is 414 g/mol. The predicted molar refractivity (Wildman–Crippen MR) is 115 cm³/mol. The van der Waals surface area contributed by atoms with Crippen molar-refractivity contribution in [2.45, 2.75) is 32.5 Å². The number of alkyl halides is 1. The molecule has 0 saturated carbocycles. The number of aromatic nitrogens is 4. The maximum Gasteiger partial charge on any atom is 0.133 e. The molecule has 2 aromatic heterocycles. The first kappa shape index (κ1) is 20.5. The minimum atomic E-state index is -0.983. The molecule has 0 spiro atoms. The van der Waals surface area contributed by atoms with Crippen LogP contribution >= 0.6 is 0 Å². The highest BCUT2D eigenvalue weighted by molar-refractivity contribution is 5.92. The number of likely N-dealkylation sites (tertiary alicyclic amines) is 1. The predicted octanol–water partition coefficient (Wildman–Crippen LogP) is 3.73. The van der Waals surface area contributed by atoms with Gasteiger partial charge in [-0.15, -0.1) is 0 Å². The number of piperidine rings is 1. The Hall–Kier alpha value is -2.74. The van der Waals surface area contributed by atoms with Crippen LogP contribution in [0, 0.1) is 11.7 Å². The molecule has 0 aliphatic carbocycles. The Bertz CT molecular complexity index is 1050. The molecule has 6 nitrogen and oxygen atoms in total. The van der Waals surface area contributed by atoms with Crippen LogP contribution in [0.4, 0.5) is 8.78 Å². The van der Waals surface area contributed by atoms with Crippen molar-refractivity contribution < 1.29 is 8.78 Å². The molecule has 1 aliphatic rings. The largest absolute Gasteiger partial charge is 0.378 e. The lowest BCUT2D eigenvalue weighted by atomic mass is 10.0. The number of aryl methyl sites for hydroxylation is 1. The van der Waals surface area contributed by atoms with E-state index >= 15 is 0 Å². The maximum absolute atomic E-state index is 14.8. The molecule has 1 aromatic carbocycles. The lowest BCUT2D eigenvalue weighted by molar-refractivity contribution is 0.102. The number of benzene rings is 1.